The van der Waals surface area contributed by atoms with Crippen molar-refractivity contribution < 1.29 is 18.7 Å². The molecule has 2 unspecified atom stereocenters. The van der Waals surface area contributed by atoms with Crippen LogP contribution in [0.1, 0.15) is 37.8 Å². The molecule has 28 heavy (non-hydrogen) atoms. The largest absolute Gasteiger partial charge is 0.376 e. The van der Waals surface area contributed by atoms with Crippen molar-refractivity contribution >= 4 is 23.5 Å². The number of hydrogen-bond donors (Lipinski definition) is 3. The van der Waals surface area contributed by atoms with Gasteiger partial charge in [-0.25, -0.2) is 9.18 Å². The minimum atomic E-state index is -0.575. The van der Waals surface area contributed by atoms with Crippen LogP contribution in [0.4, 0.5) is 9.18 Å². The second kappa shape index (κ2) is 11.2. The molecule has 0 saturated carbocycles. The lowest BCUT2D eigenvalue weighted by Gasteiger charge is -2.38. The van der Waals surface area contributed by atoms with Crippen molar-refractivity contribution in [1.29, 1.82) is 0 Å². The summed E-state index contributed by atoms with van der Waals surface area (Å²) in [5.41, 5.74) is 5.38. The summed E-state index contributed by atoms with van der Waals surface area (Å²) in [5, 5.41) is 5.72. The standard InChI is InChI=1S/C19H28ClFN4O3/c1-13-12-25(9-10-28-13)16(18-14(20)5-4-6-15(18)21)11-24-17(26)7-2-3-8-23-19(22)27/h4-6,13,16H,2-3,7-12H2,1H3,(H,24,26)(H3,22,23,27). The molecule has 1 fully saturated rings. The van der Waals surface area contributed by atoms with E-state index in [4.69, 9.17) is 22.1 Å². The number of carbonyl (C=O) groups is 2. The quantitative estimate of drug-likeness (QED) is 0.539. The summed E-state index contributed by atoms with van der Waals surface area (Å²) in [6, 6.07) is 3.66. The molecule has 3 amide bonds. The highest BCUT2D eigenvalue weighted by atomic mass is 35.5. The highest BCUT2D eigenvalue weighted by molar-refractivity contribution is 6.31. The minimum absolute atomic E-state index is 0.0234. The summed E-state index contributed by atoms with van der Waals surface area (Å²) in [6.45, 7) is 4.46. The number of halogens is 2. The number of hydrogen-bond acceptors (Lipinski definition) is 4. The summed E-state index contributed by atoms with van der Waals surface area (Å²) in [4.78, 5) is 24.9. The Morgan fingerprint density at radius 3 is 2.86 bits per heavy atom. The third-order valence-electron chi connectivity index (χ3n) is 4.67. The van der Waals surface area contributed by atoms with E-state index in [2.05, 4.69) is 15.5 Å². The summed E-state index contributed by atoms with van der Waals surface area (Å²) >= 11 is 6.28. The number of nitrogens with zero attached hydrogens (tertiary/aromatic N) is 1. The summed E-state index contributed by atoms with van der Waals surface area (Å²) in [6.07, 6.45) is 1.61. The van der Waals surface area contributed by atoms with Crippen LogP contribution in [0, 0.1) is 5.82 Å². The zero-order valence-electron chi connectivity index (χ0n) is 16.0. The maximum atomic E-state index is 14.5. The molecule has 2 atom stereocenters. The van der Waals surface area contributed by atoms with Crippen molar-refractivity contribution in [2.45, 2.75) is 38.3 Å². The molecular formula is C19H28ClFN4O3. The Labute approximate surface area is 169 Å². The lowest BCUT2D eigenvalue weighted by molar-refractivity contribution is -0.121. The first kappa shape index (κ1) is 22.4. The van der Waals surface area contributed by atoms with E-state index in [1.807, 2.05) is 6.92 Å². The average Bonchev–Trinajstić information content (AvgIpc) is 2.63. The number of ether oxygens (including phenoxy) is 1. The number of morpholine rings is 1. The molecule has 7 nitrogen and oxygen atoms in total. The van der Waals surface area contributed by atoms with Crippen molar-refractivity contribution in [2.24, 2.45) is 5.73 Å². The zero-order chi connectivity index (χ0) is 20.5. The van der Waals surface area contributed by atoms with Crippen LogP contribution in [0.2, 0.25) is 5.02 Å². The fraction of sp³-hybridized carbons (Fsp3) is 0.579. The Balaban J connectivity index is 1.96. The monoisotopic (exact) mass is 414 g/mol. The first-order chi connectivity index (χ1) is 13.4. The van der Waals surface area contributed by atoms with Crippen LogP contribution < -0.4 is 16.4 Å². The lowest BCUT2D eigenvalue weighted by Crippen LogP contribution is -2.47. The highest BCUT2D eigenvalue weighted by Gasteiger charge is 2.29. The molecule has 1 aliphatic heterocycles. The van der Waals surface area contributed by atoms with E-state index in [0.29, 0.717) is 56.1 Å². The van der Waals surface area contributed by atoms with E-state index in [1.165, 1.54) is 6.07 Å². The molecule has 1 aromatic rings. The van der Waals surface area contributed by atoms with Gasteiger partial charge < -0.3 is 21.1 Å². The Bertz CT molecular complexity index is 656. The third kappa shape index (κ3) is 6.92. The van der Waals surface area contributed by atoms with Gasteiger partial charge in [0.15, 0.2) is 0 Å². The third-order valence-corrected chi connectivity index (χ3v) is 5.00. The van der Waals surface area contributed by atoms with E-state index in [9.17, 15) is 14.0 Å². The van der Waals surface area contributed by atoms with E-state index in [1.54, 1.807) is 12.1 Å². The molecule has 1 aliphatic rings. The van der Waals surface area contributed by atoms with Gasteiger partial charge in [-0.1, -0.05) is 17.7 Å². The SMILES string of the molecule is CC1CN(C(CNC(=O)CCCCNC(N)=O)c2c(F)cccc2Cl)CCO1. The molecule has 0 bridgehead atoms. The van der Waals surface area contributed by atoms with Gasteiger partial charge >= 0.3 is 6.03 Å². The number of benzene rings is 1. The van der Waals surface area contributed by atoms with Crippen LogP contribution in [0.5, 0.6) is 0 Å². The molecule has 0 spiro atoms. The Morgan fingerprint density at radius 2 is 2.18 bits per heavy atom. The predicted octanol–water partition coefficient (Wildman–Crippen LogP) is 2.20. The zero-order valence-corrected chi connectivity index (χ0v) is 16.8. The fourth-order valence-corrected chi connectivity index (χ4v) is 3.58. The van der Waals surface area contributed by atoms with Gasteiger partial charge in [-0.15, -0.1) is 0 Å². The van der Waals surface area contributed by atoms with Crippen molar-refractivity contribution in [3.63, 3.8) is 0 Å². The number of primary amides is 1. The molecule has 2 rings (SSSR count). The molecule has 1 aromatic carbocycles. The van der Waals surface area contributed by atoms with Crippen LogP contribution in [0.3, 0.4) is 0 Å². The molecule has 1 heterocycles. The van der Waals surface area contributed by atoms with Gasteiger partial charge in [-0.3, -0.25) is 9.69 Å². The molecule has 0 aromatic heterocycles. The summed E-state index contributed by atoms with van der Waals surface area (Å²) < 4.78 is 20.1. The average molecular weight is 415 g/mol. The van der Waals surface area contributed by atoms with Gasteiger partial charge in [0.2, 0.25) is 5.91 Å². The normalized spacial score (nSPS) is 18.5. The molecule has 9 heteroatoms. The molecule has 0 radical (unpaired) electrons. The van der Waals surface area contributed by atoms with Crippen LogP contribution >= 0.6 is 11.6 Å². The maximum absolute atomic E-state index is 14.5. The highest BCUT2D eigenvalue weighted by Crippen LogP contribution is 2.31. The molecule has 156 valence electrons. The van der Waals surface area contributed by atoms with E-state index < -0.39 is 6.03 Å². The van der Waals surface area contributed by atoms with Crippen LogP contribution in [-0.2, 0) is 9.53 Å². The van der Waals surface area contributed by atoms with Gasteiger partial charge in [0.05, 0.1) is 18.8 Å². The summed E-state index contributed by atoms with van der Waals surface area (Å²) in [7, 11) is 0. The fourth-order valence-electron chi connectivity index (χ4n) is 3.29. The topological polar surface area (TPSA) is 96.7 Å². The molecule has 1 saturated heterocycles. The smallest absolute Gasteiger partial charge is 0.312 e. The summed E-state index contributed by atoms with van der Waals surface area (Å²) in [5.74, 6) is -0.513. The van der Waals surface area contributed by atoms with Gasteiger partial charge in [0.25, 0.3) is 0 Å². The van der Waals surface area contributed by atoms with Crippen LogP contribution in [-0.4, -0.2) is 55.7 Å². The number of amides is 3. The Hall–Kier alpha value is -1.90. The first-order valence-electron chi connectivity index (χ1n) is 9.48. The van der Waals surface area contributed by atoms with Gasteiger partial charge in [-0.05, 0) is 31.9 Å². The molecule has 4 N–H and O–H groups in total. The Morgan fingerprint density at radius 1 is 1.39 bits per heavy atom. The van der Waals surface area contributed by atoms with Gasteiger partial charge in [0.1, 0.15) is 5.82 Å². The number of nitrogens with one attached hydrogen (secondary N) is 2. The number of rotatable bonds is 9. The lowest BCUT2D eigenvalue weighted by atomic mass is 10.0. The number of carbonyl (C=O) groups excluding carboxylic acids is 2. The Kier molecular flexibility index (Phi) is 8.95. The number of unbranched alkanes of at least 4 members (excludes halogenated alkanes) is 1. The second-order valence-corrected chi connectivity index (χ2v) is 7.29. The van der Waals surface area contributed by atoms with Crippen LogP contribution in [0.15, 0.2) is 18.2 Å². The van der Waals surface area contributed by atoms with E-state index >= 15 is 0 Å². The van der Waals surface area contributed by atoms with E-state index in [-0.39, 0.29) is 30.4 Å². The predicted molar refractivity (Wildman–Crippen MR) is 106 cm³/mol. The van der Waals surface area contributed by atoms with Crippen molar-refractivity contribution in [3.8, 4) is 0 Å². The minimum Gasteiger partial charge on any atom is -0.376 e. The van der Waals surface area contributed by atoms with E-state index in [0.717, 1.165) is 0 Å². The molecule has 0 aliphatic carbocycles. The van der Waals surface area contributed by atoms with Gasteiger partial charge in [0, 0.05) is 43.2 Å². The second-order valence-electron chi connectivity index (χ2n) is 6.88. The molecular weight excluding hydrogens is 387 g/mol. The number of nitrogens with two attached hydrogens (primary N) is 1. The van der Waals surface area contributed by atoms with Crippen molar-refractivity contribution in [2.75, 3.05) is 32.8 Å². The first-order valence-corrected chi connectivity index (χ1v) is 9.86. The van der Waals surface area contributed by atoms with Crippen molar-refractivity contribution in [1.82, 2.24) is 15.5 Å². The van der Waals surface area contributed by atoms with Gasteiger partial charge in [-0.2, -0.15) is 0 Å². The van der Waals surface area contributed by atoms with Crippen LogP contribution in [0.25, 0.3) is 0 Å². The van der Waals surface area contributed by atoms with Crippen molar-refractivity contribution in [3.05, 3.63) is 34.6 Å². The number of urea groups is 1. The maximum Gasteiger partial charge on any atom is 0.312 e.